The average molecular weight is 251 g/mol. The van der Waals surface area contributed by atoms with E-state index >= 15 is 0 Å². The maximum absolute atomic E-state index is 12.1. The van der Waals surface area contributed by atoms with Gasteiger partial charge in [0.15, 0.2) is 11.5 Å². The van der Waals surface area contributed by atoms with E-state index in [9.17, 15) is 4.79 Å². The molecule has 0 saturated heterocycles. The Morgan fingerprint density at radius 2 is 1.83 bits per heavy atom. The quantitative estimate of drug-likeness (QED) is 0.875. The summed E-state index contributed by atoms with van der Waals surface area (Å²) in [6.07, 6.45) is 0.867. The van der Waals surface area contributed by atoms with Gasteiger partial charge in [-0.3, -0.25) is 4.79 Å². The van der Waals surface area contributed by atoms with Crippen LogP contribution in [0, 0.1) is 0 Å². The van der Waals surface area contributed by atoms with Crippen LogP contribution in [0.5, 0.6) is 11.5 Å². The number of hydrogen-bond donors (Lipinski definition) is 1. The number of ether oxygens (including phenoxy) is 2. The molecule has 0 unspecified atom stereocenters. The third kappa shape index (κ3) is 3.39. The lowest BCUT2D eigenvalue weighted by molar-refractivity contribution is 0.0911. The molecule has 0 aliphatic heterocycles. The van der Waals surface area contributed by atoms with Crippen LogP contribution in [0.2, 0.25) is 0 Å². The standard InChI is InChI=1S/C14H21NO3/c1-6-14(2,3)15-13(16)10-7-8-11(17-4)12(9-10)18-5/h7-9H,6H2,1-5H3,(H,15,16). The van der Waals surface area contributed by atoms with Crippen molar-refractivity contribution in [3.05, 3.63) is 23.8 Å². The van der Waals surface area contributed by atoms with E-state index in [1.165, 1.54) is 0 Å². The van der Waals surface area contributed by atoms with Crippen LogP contribution in [-0.2, 0) is 0 Å². The highest BCUT2D eigenvalue weighted by molar-refractivity contribution is 5.95. The number of rotatable bonds is 5. The van der Waals surface area contributed by atoms with Crippen molar-refractivity contribution in [2.45, 2.75) is 32.7 Å². The summed E-state index contributed by atoms with van der Waals surface area (Å²) in [5.74, 6) is 1.06. The van der Waals surface area contributed by atoms with Crippen LogP contribution in [0.15, 0.2) is 18.2 Å². The van der Waals surface area contributed by atoms with Crippen molar-refractivity contribution in [3.63, 3.8) is 0 Å². The van der Waals surface area contributed by atoms with E-state index in [-0.39, 0.29) is 11.4 Å². The second-order valence-corrected chi connectivity index (χ2v) is 4.76. The van der Waals surface area contributed by atoms with Gasteiger partial charge in [0.2, 0.25) is 0 Å². The second kappa shape index (κ2) is 5.76. The molecule has 18 heavy (non-hydrogen) atoms. The number of hydrogen-bond acceptors (Lipinski definition) is 3. The molecule has 4 heteroatoms. The van der Waals surface area contributed by atoms with Gasteiger partial charge < -0.3 is 14.8 Å². The van der Waals surface area contributed by atoms with Gasteiger partial charge in [0.1, 0.15) is 0 Å². The smallest absolute Gasteiger partial charge is 0.251 e. The van der Waals surface area contributed by atoms with Crippen molar-refractivity contribution in [2.24, 2.45) is 0 Å². The van der Waals surface area contributed by atoms with Crippen LogP contribution in [0.25, 0.3) is 0 Å². The van der Waals surface area contributed by atoms with Gasteiger partial charge in [-0.25, -0.2) is 0 Å². The van der Waals surface area contributed by atoms with Crippen molar-refractivity contribution in [1.82, 2.24) is 5.32 Å². The third-order valence-electron chi connectivity index (χ3n) is 2.98. The van der Waals surface area contributed by atoms with Gasteiger partial charge in [-0.2, -0.15) is 0 Å². The lowest BCUT2D eigenvalue weighted by Gasteiger charge is -2.24. The second-order valence-electron chi connectivity index (χ2n) is 4.76. The first-order valence-electron chi connectivity index (χ1n) is 5.98. The van der Waals surface area contributed by atoms with Gasteiger partial charge in [0.05, 0.1) is 14.2 Å². The van der Waals surface area contributed by atoms with Crippen LogP contribution in [0.3, 0.4) is 0 Å². The molecular weight excluding hydrogens is 230 g/mol. The Morgan fingerprint density at radius 3 is 2.33 bits per heavy atom. The minimum Gasteiger partial charge on any atom is -0.493 e. The Labute approximate surface area is 108 Å². The molecule has 0 saturated carbocycles. The summed E-state index contributed by atoms with van der Waals surface area (Å²) in [6.45, 7) is 6.02. The largest absolute Gasteiger partial charge is 0.493 e. The van der Waals surface area contributed by atoms with E-state index in [0.717, 1.165) is 6.42 Å². The van der Waals surface area contributed by atoms with E-state index in [4.69, 9.17) is 9.47 Å². The topological polar surface area (TPSA) is 47.6 Å². The highest BCUT2D eigenvalue weighted by atomic mass is 16.5. The first-order chi connectivity index (χ1) is 8.43. The summed E-state index contributed by atoms with van der Waals surface area (Å²) < 4.78 is 10.3. The normalized spacial score (nSPS) is 10.9. The van der Waals surface area contributed by atoms with Crippen LogP contribution >= 0.6 is 0 Å². The van der Waals surface area contributed by atoms with Gasteiger partial charge in [0.25, 0.3) is 5.91 Å². The first kappa shape index (κ1) is 14.4. The highest BCUT2D eigenvalue weighted by Crippen LogP contribution is 2.27. The van der Waals surface area contributed by atoms with E-state index in [2.05, 4.69) is 5.32 Å². The van der Waals surface area contributed by atoms with Crippen LogP contribution in [-0.4, -0.2) is 25.7 Å². The van der Waals surface area contributed by atoms with Crippen molar-refractivity contribution in [2.75, 3.05) is 14.2 Å². The summed E-state index contributed by atoms with van der Waals surface area (Å²) in [4.78, 5) is 12.1. The number of benzene rings is 1. The minimum atomic E-state index is -0.218. The van der Waals surface area contributed by atoms with Gasteiger partial charge in [-0.1, -0.05) is 6.92 Å². The van der Waals surface area contributed by atoms with Gasteiger partial charge in [-0.05, 0) is 38.5 Å². The molecule has 0 aliphatic carbocycles. The molecule has 0 bridgehead atoms. The van der Waals surface area contributed by atoms with Crippen molar-refractivity contribution < 1.29 is 14.3 Å². The zero-order valence-corrected chi connectivity index (χ0v) is 11.7. The Balaban J connectivity index is 2.93. The molecule has 1 amide bonds. The number of nitrogens with one attached hydrogen (secondary N) is 1. The maximum Gasteiger partial charge on any atom is 0.251 e. The van der Waals surface area contributed by atoms with E-state index in [1.807, 2.05) is 20.8 Å². The van der Waals surface area contributed by atoms with Gasteiger partial charge in [-0.15, -0.1) is 0 Å². The molecule has 0 heterocycles. The molecule has 0 radical (unpaired) electrons. The van der Waals surface area contributed by atoms with E-state index in [1.54, 1.807) is 32.4 Å². The van der Waals surface area contributed by atoms with Crippen molar-refractivity contribution in [3.8, 4) is 11.5 Å². The first-order valence-corrected chi connectivity index (χ1v) is 5.98. The number of carbonyl (C=O) groups excluding carboxylic acids is 1. The minimum absolute atomic E-state index is 0.109. The van der Waals surface area contributed by atoms with Crippen LogP contribution in [0.1, 0.15) is 37.6 Å². The molecule has 1 aromatic rings. The number of amides is 1. The zero-order valence-electron chi connectivity index (χ0n) is 11.7. The lowest BCUT2D eigenvalue weighted by Crippen LogP contribution is -2.42. The summed E-state index contributed by atoms with van der Waals surface area (Å²) in [5, 5.41) is 2.98. The summed E-state index contributed by atoms with van der Waals surface area (Å²) in [6, 6.07) is 5.13. The van der Waals surface area contributed by atoms with Crippen molar-refractivity contribution >= 4 is 5.91 Å². The monoisotopic (exact) mass is 251 g/mol. The number of methoxy groups -OCH3 is 2. The van der Waals surface area contributed by atoms with Crippen LogP contribution in [0.4, 0.5) is 0 Å². The van der Waals surface area contributed by atoms with E-state index in [0.29, 0.717) is 17.1 Å². The molecule has 0 fully saturated rings. The predicted molar refractivity (Wildman–Crippen MR) is 71.4 cm³/mol. The highest BCUT2D eigenvalue weighted by Gasteiger charge is 2.19. The van der Waals surface area contributed by atoms with Crippen LogP contribution < -0.4 is 14.8 Å². The van der Waals surface area contributed by atoms with E-state index < -0.39 is 0 Å². The Morgan fingerprint density at radius 1 is 1.22 bits per heavy atom. The zero-order chi connectivity index (χ0) is 13.8. The number of carbonyl (C=O) groups is 1. The molecule has 1 rings (SSSR count). The molecule has 1 aromatic carbocycles. The Kier molecular flexibility index (Phi) is 4.59. The summed E-state index contributed by atoms with van der Waals surface area (Å²) in [5.41, 5.74) is 0.346. The molecular formula is C14H21NO3. The van der Waals surface area contributed by atoms with Gasteiger partial charge >= 0.3 is 0 Å². The maximum atomic E-state index is 12.1. The SMILES string of the molecule is CCC(C)(C)NC(=O)c1ccc(OC)c(OC)c1. The molecule has 0 aromatic heterocycles. The summed E-state index contributed by atoms with van der Waals surface area (Å²) in [7, 11) is 3.12. The van der Waals surface area contributed by atoms with Crippen molar-refractivity contribution in [1.29, 1.82) is 0 Å². The molecule has 0 atom stereocenters. The molecule has 100 valence electrons. The molecule has 0 aliphatic rings. The molecule has 0 spiro atoms. The fourth-order valence-corrected chi connectivity index (χ4v) is 1.45. The predicted octanol–water partition coefficient (Wildman–Crippen LogP) is 2.62. The molecule has 4 nitrogen and oxygen atoms in total. The fraction of sp³-hybridized carbons (Fsp3) is 0.500. The Hall–Kier alpha value is -1.71. The van der Waals surface area contributed by atoms with Gasteiger partial charge in [0, 0.05) is 11.1 Å². The Bertz CT molecular complexity index is 427. The lowest BCUT2D eigenvalue weighted by atomic mass is 10.0. The average Bonchev–Trinajstić information content (AvgIpc) is 2.37. The summed E-state index contributed by atoms with van der Waals surface area (Å²) >= 11 is 0. The fourth-order valence-electron chi connectivity index (χ4n) is 1.45. The third-order valence-corrected chi connectivity index (χ3v) is 2.98. The molecule has 1 N–H and O–H groups in total.